The number of carbonyl (C=O) groups excluding carboxylic acids is 1. The Kier molecular flexibility index (Phi) is 5.30. The van der Waals surface area contributed by atoms with Gasteiger partial charge in [-0.05, 0) is 17.7 Å². The van der Waals surface area contributed by atoms with Crippen molar-refractivity contribution in [3.8, 4) is 11.5 Å². The van der Waals surface area contributed by atoms with Crippen LogP contribution < -0.4 is 9.47 Å². The molecule has 2 aromatic carbocycles. The molecule has 5 heteroatoms. The number of hydrogen-bond acceptors (Lipinski definition) is 4. The lowest BCUT2D eigenvalue weighted by Gasteiger charge is -2.33. The van der Waals surface area contributed by atoms with E-state index < -0.39 is 0 Å². The van der Waals surface area contributed by atoms with E-state index in [9.17, 15) is 4.79 Å². The molecule has 0 bridgehead atoms. The van der Waals surface area contributed by atoms with Crippen LogP contribution in [0.5, 0.6) is 11.5 Å². The first kappa shape index (κ1) is 16.7. The predicted octanol–water partition coefficient (Wildman–Crippen LogP) is 3.63. The third-order valence-electron chi connectivity index (χ3n) is 4.17. The number of nitrogens with zero attached hydrogens (tertiary/aromatic N) is 1. The highest BCUT2D eigenvalue weighted by molar-refractivity contribution is 7.99. The lowest BCUT2D eigenvalue weighted by molar-refractivity contribution is 0.0754. The predicted molar refractivity (Wildman–Crippen MR) is 97.1 cm³/mol. The van der Waals surface area contributed by atoms with Crippen LogP contribution in [0.2, 0.25) is 0 Å². The van der Waals surface area contributed by atoms with Crippen LogP contribution in [0.4, 0.5) is 0 Å². The normalized spacial score (nSPS) is 17.4. The molecule has 1 atom stereocenters. The van der Waals surface area contributed by atoms with E-state index in [1.165, 1.54) is 5.56 Å². The molecule has 0 saturated carbocycles. The molecule has 24 heavy (non-hydrogen) atoms. The molecule has 126 valence electrons. The molecule has 0 spiro atoms. The summed E-state index contributed by atoms with van der Waals surface area (Å²) in [5, 5.41) is 0.296. The number of thioether (sulfide) groups is 1. The quantitative estimate of drug-likeness (QED) is 0.850. The number of rotatable bonds is 4. The van der Waals surface area contributed by atoms with Crippen LogP contribution >= 0.6 is 11.8 Å². The van der Waals surface area contributed by atoms with Crippen molar-refractivity contribution in [2.75, 3.05) is 33.1 Å². The summed E-state index contributed by atoms with van der Waals surface area (Å²) in [5.74, 6) is 1.98. The van der Waals surface area contributed by atoms with Crippen LogP contribution in [0.25, 0.3) is 0 Å². The van der Waals surface area contributed by atoms with Crippen molar-refractivity contribution >= 4 is 17.7 Å². The van der Waals surface area contributed by atoms with Crippen LogP contribution in [0.1, 0.15) is 21.2 Å². The number of ether oxygens (including phenoxy) is 2. The molecule has 2 aromatic rings. The maximum Gasteiger partial charge on any atom is 0.261 e. The highest BCUT2D eigenvalue weighted by Crippen LogP contribution is 2.36. The van der Waals surface area contributed by atoms with E-state index in [0.29, 0.717) is 28.9 Å². The molecule has 0 aromatic heterocycles. The first-order valence-electron chi connectivity index (χ1n) is 7.91. The summed E-state index contributed by atoms with van der Waals surface area (Å²) < 4.78 is 10.8. The van der Waals surface area contributed by atoms with Gasteiger partial charge in [-0.25, -0.2) is 0 Å². The molecule has 0 N–H and O–H groups in total. The Bertz CT molecular complexity index is 683. The van der Waals surface area contributed by atoms with Crippen LogP contribution in [-0.4, -0.2) is 43.9 Å². The van der Waals surface area contributed by atoms with Gasteiger partial charge in [0.1, 0.15) is 17.1 Å². The summed E-state index contributed by atoms with van der Waals surface area (Å²) in [4.78, 5) is 15.0. The second kappa shape index (κ2) is 7.62. The topological polar surface area (TPSA) is 38.8 Å². The van der Waals surface area contributed by atoms with Gasteiger partial charge < -0.3 is 14.4 Å². The molecule has 3 rings (SSSR count). The molecule has 4 nitrogen and oxygen atoms in total. The van der Waals surface area contributed by atoms with Crippen molar-refractivity contribution in [3.05, 3.63) is 59.7 Å². The zero-order valence-electron chi connectivity index (χ0n) is 13.9. The molecule has 1 saturated heterocycles. The summed E-state index contributed by atoms with van der Waals surface area (Å²) >= 11 is 1.90. The van der Waals surface area contributed by atoms with Gasteiger partial charge in [-0.15, -0.1) is 0 Å². The maximum absolute atomic E-state index is 13.1. The summed E-state index contributed by atoms with van der Waals surface area (Å²) in [5.41, 5.74) is 1.76. The monoisotopic (exact) mass is 343 g/mol. The van der Waals surface area contributed by atoms with Gasteiger partial charge >= 0.3 is 0 Å². The highest BCUT2D eigenvalue weighted by Gasteiger charge is 2.29. The van der Waals surface area contributed by atoms with E-state index in [4.69, 9.17) is 9.47 Å². The van der Waals surface area contributed by atoms with E-state index in [1.54, 1.807) is 26.4 Å². The highest BCUT2D eigenvalue weighted by atomic mass is 32.2. The number of carbonyl (C=O) groups is 1. The number of hydrogen-bond donors (Lipinski definition) is 0. The van der Waals surface area contributed by atoms with Crippen molar-refractivity contribution in [2.45, 2.75) is 5.25 Å². The summed E-state index contributed by atoms with van der Waals surface area (Å²) in [6, 6.07) is 15.8. The SMILES string of the molecule is COc1cccc(OC)c1C(=O)N1CCSC(c2ccccc2)C1. The van der Waals surface area contributed by atoms with Gasteiger partial charge in [0.15, 0.2) is 0 Å². The Morgan fingerprint density at radius 2 is 1.71 bits per heavy atom. The molecule has 1 fully saturated rings. The van der Waals surface area contributed by atoms with Gasteiger partial charge in [0.2, 0.25) is 0 Å². The largest absolute Gasteiger partial charge is 0.496 e. The zero-order valence-corrected chi connectivity index (χ0v) is 14.7. The zero-order chi connectivity index (χ0) is 16.9. The van der Waals surface area contributed by atoms with Gasteiger partial charge in [0.25, 0.3) is 5.91 Å². The van der Waals surface area contributed by atoms with Crippen LogP contribution in [-0.2, 0) is 0 Å². The van der Waals surface area contributed by atoms with Crippen molar-refractivity contribution in [3.63, 3.8) is 0 Å². The molecule has 1 unspecified atom stereocenters. The van der Waals surface area contributed by atoms with E-state index in [2.05, 4.69) is 12.1 Å². The lowest BCUT2D eigenvalue weighted by Crippen LogP contribution is -2.39. The lowest BCUT2D eigenvalue weighted by atomic mass is 10.1. The number of methoxy groups -OCH3 is 2. The number of amides is 1. The molecule has 0 radical (unpaired) electrons. The summed E-state index contributed by atoms with van der Waals surface area (Å²) in [7, 11) is 3.15. The minimum Gasteiger partial charge on any atom is -0.496 e. The second-order valence-electron chi connectivity index (χ2n) is 5.56. The van der Waals surface area contributed by atoms with Crippen molar-refractivity contribution in [1.29, 1.82) is 0 Å². The fraction of sp³-hybridized carbons (Fsp3) is 0.316. The minimum atomic E-state index is -0.0365. The third-order valence-corrected chi connectivity index (χ3v) is 5.41. The molecular formula is C19H21NO3S. The second-order valence-corrected chi connectivity index (χ2v) is 6.87. The van der Waals surface area contributed by atoms with Gasteiger partial charge in [0, 0.05) is 24.1 Å². The Morgan fingerprint density at radius 3 is 2.33 bits per heavy atom. The molecular weight excluding hydrogens is 322 g/mol. The molecule has 0 aliphatic carbocycles. The van der Waals surface area contributed by atoms with E-state index in [-0.39, 0.29) is 5.91 Å². The van der Waals surface area contributed by atoms with Crippen molar-refractivity contribution in [1.82, 2.24) is 4.90 Å². The van der Waals surface area contributed by atoms with E-state index in [1.807, 2.05) is 40.9 Å². The molecule has 1 aliphatic heterocycles. The minimum absolute atomic E-state index is 0.0365. The smallest absolute Gasteiger partial charge is 0.261 e. The fourth-order valence-electron chi connectivity index (χ4n) is 2.92. The van der Waals surface area contributed by atoms with Gasteiger partial charge in [-0.3, -0.25) is 4.79 Å². The van der Waals surface area contributed by atoms with Gasteiger partial charge in [0.05, 0.1) is 14.2 Å². The fourth-order valence-corrected chi connectivity index (χ4v) is 4.17. The third kappa shape index (κ3) is 3.36. The Morgan fingerprint density at radius 1 is 1.04 bits per heavy atom. The molecule has 1 amide bonds. The average molecular weight is 343 g/mol. The van der Waals surface area contributed by atoms with Crippen molar-refractivity contribution in [2.24, 2.45) is 0 Å². The van der Waals surface area contributed by atoms with Crippen LogP contribution in [0.15, 0.2) is 48.5 Å². The molecule has 1 heterocycles. The Hall–Kier alpha value is -2.14. The molecule has 1 aliphatic rings. The van der Waals surface area contributed by atoms with Crippen LogP contribution in [0.3, 0.4) is 0 Å². The Labute approximate surface area is 146 Å². The van der Waals surface area contributed by atoms with Gasteiger partial charge in [-0.1, -0.05) is 36.4 Å². The maximum atomic E-state index is 13.1. The standard InChI is InChI=1S/C19H21NO3S/c1-22-15-9-6-10-16(23-2)18(15)19(21)20-11-12-24-17(13-20)14-7-4-3-5-8-14/h3-10,17H,11-13H2,1-2H3. The summed E-state index contributed by atoms with van der Waals surface area (Å²) in [6.07, 6.45) is 0. The van der Waals surface area contributed by atoms with Crippen molar-refractivity contribution < 1.29 is 14.3 Å². The van der Waals surface area contributed by atoms with E-state index in [0.717, 1.165) is 12.3 Å². The summed E-state index contributed by atoms with van der Waals surface area (Å²) in [6.45, 7) is 1.42. The number of benzene rings is 2. The van der Waals surface area contributed by atoms with E-state index >= 15 is 0 Å². The Balaban J connectivity index is 1.85. The average Bonchev–Trinajstić information content (AvgIpc) is 2.67. The van der Waals surface area contributed by atoms with Crippen LogP contribution in [0, 0.1) is 0 Å². The first-order chi connectivity index (χ1) is 11.7. The first-order valence-corrected chi connectivity index (χ1v) is 8.96. The van der Waals surface area contributed by atoms with Gasteiger partial charge in [-0.2, -0.15) is 11.8 Å².